The van der Waals surface area contributed by atoms with Gasteiger partial charge < -0.3 is 15.2 Å². The number of carboxylic acids is 1. The first-order valence-corrected chi connectivity index (χ1v) is 13.8. The molecule has 1 amide bonds. The molecule has 4 rings (SSSR count). The van der Waals surface area contributed by atoms with Crippen molar-refractivity contribution in [1.82, 2.24) is 5.32 Å². The number of carboxylic acid groups (broad SMARTS) is 1. The summed E-state index contributed by atoms with van der Waals surface area (Å²) in [5.74, 6) is -1.10. The Morgan fingerprint density at radius 2 is 1.11 bits per heavy atom. The van der Waals surface area contributed by atoms with Gasteiger partial charge in [0.25, 0.3) is 0 Å². The lowest BCUT2D eigenvalue weighted by atomic mass is 10.1. The highest BCUT2D eigenvalue weighted by Crippen LogP contribution is 2.54. The summed E-state index contributed by atoms with van der Waals surface area (Å²) >= 11 is 0. The Balaban J connectivity index is 1.55. The van der Waals surface area contributed by atoms with Gasteiger partial charge in [0, 0.05) is 6.42 Å². The molecule has 1 unspecified atom stereocenters. The molecule has 0 bridgehead atoms. The van der Waals surface area contributed by atoms with Crippen LogP contribution in [0, 0.1) is 0 Å². The standard InChI is InChI=1S/C30H28NO4P/c32-29(33)28(23-24-13-5-1-6-14-24)31-30(34)35-21-22-36(25-15-7-2-8-16-25,26-17-9-3-10-18-26)27-19-11-4-12-20-27/h1-20,28H,21-23H2,(H-,31,32,33,34)/p+1. The Hall–Kier alpha value is -3.95. The van der Waals surface area contributed by atoms with Crippen LogP contribution in [-0.2, 0) is 16.0 Å². The molecule has 2 N–H and O–H groups in total. The molecule has 4 aromatic carbocycles. The average Bonchev–Trinajstić information content (AvgIpc) is 2.93. The van der Waals surface area contributed by atoms with Crippen molar-refractivity contribution in [1.29, 1.82) is 0 Å². The maximum atomic E-state index is 12.7. The van der Waals surface area contributed by atoms with Crippen molar-refractivity contribution in [2.75, 3.05) is 12.8 Å². The van der Waals surface area contributed by atoms with Crippen LogP contribution in [0.4, 0.5) is 4.79 Å². The van der Waals surface area contributed by atoms with E-state index in [0.717, 1.165) is 5.56 Å². The molecule has 0 fully saturated rings. The van der Waals surface area contributed by atoms with E-state index in [4.69, 9.17) is 4.74 Å². The summed E-state index contributed by atoms with van der Waals surface area (Å²) in [6.45, 7) is 0.149. The number of hydrogen-bond acceptors (Lipinski definition) is 3. The van der Waals surface area contributed by atoms with Gasteiger partial charge >= 0.3 is 12.1 Å². The second kappa shape index (κ2) is 12.1. The fraction of sp³-hybridized carbons (Fsp3) is 0.133. The number of hydrogen-bond donors (Lipinski definition) is 2. The second-order valence-corrected chi connectivity index (χ2v) is 12.0. The van der Waals surface area contributed by atoms with E-state index in [0.29, 0.717) is 6.16 Å². The molecule has 0 saturated carbocycles. The van der Waals surface area contributed by atoms with E-state index < -0.39 is 25.4 Å². The van der Waals surface area contributed by atoms with Crippen LogP contribution in [0.15, 0.2) is 121 Å². The van der Waals surface area contributed by atoms with Crippen molar-refractivity contribution in [3.63, 3.8) is 0 Å². The van der Waals surface area contributed by atoms with Crippen molar-refractivity contribution >= 4 is 35.2 Å². The van der Waals surface area contributed by atoms with Gasteiger partial charge in [-0.3, -0.25) is 0 Å². The minimum absolute atomic E-state index is 0.149. The fourth-order valence-electron chi connectivity index (χ4n) is 4.39. The van der Waals surface area contributed by atoms with E-state index in [1.807, 2.05) is 84.9 Å². The van der Waals surface area contributed by atoms with Gasteiger partial charge in [-0.05, 0) is 42.0 Å². The maximum absolute atomic E-state index is 12.7. The first-order chi connectivity index (χ1) is 17.6. The number of carbonyl (C=O) groups excluding carboxylic acids is 1. The molecule has 0 saturated heterocycles. The molecule has 0 aromatic heterocycles. The van der Waals surface area contributed by atoms with Crippen LogP contribution >= 0.6 is 7.26 Å². The number of aliphatic carboxylic acids is 1. The van der Waals surface area contributed by atoms with Gasteiger partial charge in [-0.25, -0.2) is 9.59 Å². The van der Waals surface area contributed by atoms with Gasteiger partial charge in [-0.15, -0.1) is 0 Å². The van der Waals surface area contributed by atoms with Gasteiger partial charge in [-0.2, -0.15) is 0 Å². The van der Waals surface area contributed by atoms with E-state index in [9.17, 15) is 14.7 Å². The van der Waals surface area contributed by atoms with Gasteiger partial charge in [-0.1, -0.05) is 84.9 Å². The topological polar surface area (TPSA) is 75.6 Å². The molecule has 36 heavy (non-hydrogen) atoms. The van der Waals surface area contributed by atoms with E-state index in [1.54, 1.807) is 0 Å². The van der Waals surface area contributed by atoms with Crippen LogP contribution < -0.4 is 21.2 Å². The molecule has 5 nitrogen and oxygen atoms in total. The minimum atomic E-state index is -2.14. The summed E-state index contributed by atoms with van der Waals surface area (Å²) in [7, 11) is -2.14. The highest BCUT2D eigenvalue weighted by molar-refractivity contribution is 7.95. The molecule has 0 aliphatic carbocycles. The predicted octanol–water partition coefficient (Wildman–Crippen LogP) is 4.40. The number of ether oxygens (including phenoxy) is 1. The molecule has 1 atom stereocenters. The highest BCUT2D eigenvalue weighted by Gasteiger charge is 2.45. The lowest BCUT2D eigenvalue weighted by molar-refractivity contribution is -0.139. The lowest BCUT2D eigenvalue weighted by Crippen LogP contribution is -2.43. The smallest absolute Gasteiger partial charge is 0.407 e. The van der Waals surface area contributed by atoms with E-state index in [2.05, 4.69) is 41.7 Å². The number of carbonyl (C=O) groups is 2. The molecule has 6 heteroatoms. The largest absolute Gasteiger partial charge is 0.480 e. The van der Waals surface area contributed by atoms with Crippen molar-refractivity contribution in [2.45, 2.75) is 12.5 Å². The van der Waals surface area contributed by atoms with E-state index >= 15 is 0 Å². The Morgan fingerprint density at radius 1 is 0.694 bits per heavy atom. The van der Waals surface area contributed by atoms with Gasteiger partial charge in [0.2, 0.25) is 0 Å². The van der Waals surface area contributed by atoms with Crippen LogP contribution in [0.2, 0.25) is 0 Å². The van der Waals surface area contributed by atoms with Crippen molar-refractivity contribution < 1.29 is 19.4 Å². The molecule has 4 aromatic rings. The monoisotopic (exact) mass is 498 g/mol. The fourth-order valence-corrected chi connectivity index (χ4v) is 8.47. The normalized spacial score (nSPS) is 11.9. The second-order valence-electron chi connectivity index (χ2n) is 8.40. The van der Waals surface area contributed by atoms with Gasteiger partial charge in [0.1, 0.15) is 42.0 Å². The zero-order valence-corrected chi connectivity index (χ0v) is 20.8. The third-order valence-corrected chi connectivity index (χ3v) is 10.5. The summed E-state index contributed by atoms with van der Waals surface area (Å²) in [5, 5.41) is 15.7. The minimum Gasteiger partial charge on any atom is -0.480 e. The average molecular weight is 499 g/mol. The molecular formula is C30H29NO4P+. The molecule has 0 aliphatic heterocycles. The number of benzene rings is 4. The summed E-state index contributed by atoms with van der Waals surface area (Å²) < 4.78 is 5.59. The van der Waals surface area contributed by atoms with Gasteiger partial charge in [0.05, 0.1) is 0 Å². The van der Waals surface area contributed by atoms with Crippen LogP contribution in [0.1, 0.15) is 5.56 Å². The number of nitrogens with one attached hydrogen (secondary N) is 1. The Bertz CT molecular complexity index is 1150. The maximum Gasteiger partial charge on any atom is 0.407 e. The van der Waals surface area contributed by atoms with Crippen LogP contribution in [-0.4, -0.2) is 36.0 Å². The Labute approximate surface area is 212 Å². The van der Waals surface area contributed by atoms with Crippen LogP contribution in [0.3, 0.4) is 0 Å². The number of alkyl carbamates (subject to hydrolysis) is 1. The van der Waals surface area contributed by atoms with Crippen LogP contribution in [0.5, 0.6) is 0 Å². The zero-order valence-electron chi connectivity index (χ0n) is 19.9. The predicted molar refractivity (Wildman–Crippen MR) is 146 cm³/mol. The quantitative estimate of drug-likeness (QED) is 0.318. The molecular weight excluding hydrogens is 469 g/mol. The van der Waals surface area contributed by atoms with Crippen molar-refractivity contribution in [3.8, 4) is 0 Å². The molecule has 182 valence electrons. The highest BCUT2D eigenvalue weighted by atomic mass is 31.2. The number of rotatable bonds is 10. The third-order valence-electron chi connectivity index (χ3n) is 6.12. The third kappa shape index (κ3) is 5.99. The Morgan fingerprint density at radius 3 is 1.53 bits per heavy atom. The van der Waals surface area contributed by atoms with Crippen molar-refractivity contribution in [2.24, 2.45) is 0 Å². The molecule has 0 radical (unpaired) electrons. The molecule has 0 heterocycles. The lowest BCUT2D eigenvalue weighted by Gasteiger charge is -2.27. The van der Waals surface area contributed by atoms with Gasteiger partial charge in [0.15, 0.2) is 0 Å². The van der Waals surface area contributed by atoms with Crippen LogP contribution in [0.25, 0.3) is 0 Å². The summed E-state index contributed by atoms with van der Waals surface area (Å²) in [6.07, 6.45) is 0.0420. The molecule has 0 spiro atoms. The molecule has 0 aliphatic rings. The summed E-state index contributed by atoms with van der Waals surface area (Å²) in [4.78, 5) is 24.4. The Kier molecular flexibility index (Phi) is 8.48. The summed E-state index contributed by atoms with van der Waals surface area (Å²) in [6, 6.07) is 39.1. The zero-order chi connectivity index (χ0) is 25.2. The van der Waals surface area contributed by atoms with E-state index in [-0.39, 0.29) is 13.0 Å². The first kappa shape index (κ1) is 25.2. The number of amides is 1. The summed E-state index contributed by atoms with van der Waals surface area (Å²) in [5.41, 5.74) is 0.826. The first-order valence-electron chi connectivity index (χ1n) is 11.8. The van der Waals surface area contributed by atoms with E-state index in [1.165, 1.54) is 15.9 Å². The van der Waals surface area contributed by atoms with Crippen molar-refractivity contribution in [3.05, 3.63) is 127 Å². The SMILES string of the molecule is O=C(NC(Cc1ccccc1)C(=O)O)OCC[P+](c1ccccc1)(c1ccccc1)c1ccccc1.